The molecule has 1 heteroatoms. The highest BCUT2D eigenvalue weighted by molar-refractivity contribution is 5.80. The minimum absolute atomic E-state index is 0.789. The molecule has 31 heavy (non-hydrogen) atoms. The lowest BCUT2D eigenvalue weighted by Gasteiger charge is -2.09. The second-order valence-electron chi connectivity index (χ2n) is 7.40. The Balaban J connectivity index is 0.00000132. The van der Waals surface area contributed by atoms with E-state index in [2.05, 4.69) is 110 Å². The van der Waals surface area contributed by atoms with Crippen LogP contribution in [0.25, 0.3) is 22.9 Å². The van der Waals surface area contributed by atoms with Crippen LogP contribution in [0.15, 0.2) is 103 Å². The quantitative estimate of drug-likeness (QED) is 0.338. The van der Waals surface area contributed by atoms with Gasteiger partial charge in [0.25, 0.3) is 0 Å². The van der Waals surface area contributed by atoms with E-state index < -0.39 is 0 Å². The number of hydrogen-bond donors (Lipinski definition) is 1. The lowest BCUT2D eigenvalue weighted by molar-refractivity contribution is 1.18. The number of benzene rings is 4. The predicted molar refractivity (Wildman–Crippen MR) is 136 cm³/mol. The molecule has 0 unspecified atom stereocenters. The van der Waals surface area contributed by atoms with E-state index in [-0.39, 0.29) is 0 Å². The minimum Gasteiger partial charge on any atom is -0.398 e. The van der Waals surface area contributed by atoms with Crippen molar-refractivity contribution in [3.63, 3.8) is 0 Å². The summed E-state index contributed by atoms with van der Waals surface area (Å²) >= 11 is 0. The van der Waals surface area contributed by atoms with Gasteiger partial charge in [-0.2, -0.15) is 0 Å². The molecule has 0 saturated carbocycles. The van der Waals surface area contributed by atoms with Gasteiger partial charge in [0.05, 0.1) is 0 Å². The van der Waals surface area contributed by atoms with Crippen LogP contribution < -0.4 is 5.73 Å². The van der Waals surface area contributed by atoms with Crippen molar-refractivity contribution >= 4 is 11.8 Å². The Hall–Kier alpha value is -3.58. The predicted octanol–water partition coefficient (Wildman–Crippen LogP) is 7.74. The molecule has 0 fully saturated rings. The van der Waals surface area contributed by atoms with Crippen molar-refractivity contribution in [1.82, 2.24) is 0 Å². The van der Waals surface area contributed by atoms with Crippen LogP contribution in [0.1, 0.15) is 41.7 Å². The summed E-state index contributed by atoms with van der Waals surface area (Å²) in [5.74, 6) is 0. The van der Waals surface area contributed by atoms with E-state index in [1.165, 1.54) is 27.8 Å². The van der Waals surface area contributed by atoms with Crippen LogP contribution in [0, 0.1) is 6.92 Å². The molecule has 0 bridgehead atoms. The highest BCUT2D eigenvalue weighted by atomic mass is 14.6. The molecule has 4 aromatic rings. The summed E-state index contributed by atoms with van der Waals surface area (Å²) < 4.78 is 0. The maximum absolute atomic E-state index is 6.38. The molecule has 4 rings (SSSR count). The normalized spacial score (nSPS) is 10.9. The standard InChI is InChI=1S/C28H25N.C2H6/c1-21-11-15-25(16-12-21)28(29)20-27-10-6-5-9-26(27)19-22-13-17-24(18-14-22)23-7-3-2-4-8-23;1-2/h2-18,20H,19,29H2,1H3;1-2H3/b28-20-;. The SMILES string of the molecule is CC.Cc1ccc(/C(N)=C/c2ccccc2Cc2ccc(-c3ccccc3)cc2)cc1. The molecular weight excluding hydrogens is 374 g/mol. The van der Waals surface area contributed by atoms with Crippen LogP contribution in [0.4, 0.5) is 0 Å². The van der Waals surface area contributed by atoms with Gasteiger partial charge in [-0.3, -0.25) is 0 Å². The average Bonchev–Trinajstić information content (AvgIpc) is 2.83. The molecule has 0 saturated heterocycles. The largest absolute Gasteiger partial charge is 0.398 e. The molecular formula is C30H31N. The summed E-state index contributed by atoms with van der Waals surface area (Å²) in [6.07, 6.45) is 2.96. The van der Waals surface area contributed by atoms with Gasteiger partial charge in [-0.15, -0.1) is 0 Å². The van der Waals surface area contributed by atoms with Crippen molar-refractivity contribution in [2.75, 3.05) is 0 Å². The summed E-state index contributed by atoms with van der Waals surface area (Å²) in [4.78, 5) is 0. The number of rotatable bonds is 5. The first-order valence-corrected chi connectivity index (χ1v) is 11.0. The van der Waals surface area contributed by atoms with Gasteiger partial charge >= 0.3 is 0 Å². The molecule has 0 spiro atoms. The van der Waals surface area contributed by atoms with Crippen LogP contribution in [0.2, 0.25) is 0 Å². The molecule has 0 aromatic heterocycles. The minimum atomic E-state index is 0.789. The van der Waals surface area contributed by atoms with Gasteiger partial charge in [0.2, 0.25) is 0 Å². The van der Waals surface area contributed by atoms with E-state index in [1.54, 1.807) is 0 Å². The molecule has 1 nitrogen and oxygen atoms in total. The molecule has 0 atom stereocenters. The highest BCUT2D eigenvalue weighted by Crippen LogP contribution is 2.23. The van der Waals surface area contributed by atoms with Gasteiger partial charge in [-0.05, 0) is 52.8 Å². The summed E-state index contributed by atoms with van der Waals surface area (Å²) in [5.41, 5.74) is 15.7. The van der Waals surface area contributed by atoms with Gasteiger partial charge in [-0.25, -0.2) is 0 Å². The summed E-state index contributed by atoms with van der Waals surface area (Å²) in [5, 5.41) is 0. The van der Waals surface area contributed by atoms with Gasteiger partial charge in [0, 0.05) is 5.70 Å². The van der Waals surface area contributed by atoms with Crippen LogP contribution in [0.3, 0.4) is 0 Å². The highest BCUT2D eigenvalue weighted by Gasteiger charge is 2.04. The number of nitrogens with two attached hydrogens (primary N) is 1. The molecule has 0 radical (unpaired) electrons. The average molecular weight is 406 g/mol. The van der Waals surface area contributed by atoms with Crippen molar-refractivity contribution in [2.24, 2.45) is 5.73 Å². The van der Waals surface area contributed by atoms with E-state index in [0.717, 1.165) is 23.2 Å². The smallest absolute Gasteiger partial charge is 0.0393 e. The van der Waals surface area contributed by atoms with Crippen LogP contribution in [-0.2, 0) is 6.42 Å². The third kappa shape index (κ3) is 5.96. The summed E-state index contributed by atoms with van der Waals surface area (Å²) in [6.45, 7) is 6.09. The van der Waals surface area contributed by atoms with E-state index in [4.69, 9.17) is 5.73 Å². The Bertz CT molecular complexity index is 1110. The van der Waals surface area contributed by atoms with Gasteiger partial charge in [-0.1, -0.05) is 123 Å². The topological polar surface area (TPSA) is 26.0 Å². The van der Waals surface area contributed by atoms with Crippen LogP contribution >= 0.6 is 0 Å². The zero-order valence-electron chi connectivity index (χ0n) is 18.7. The molecule has 156 valence electrons. The van der Waals surface area contributed by atoms with Gasteiger partial charge < -0.3 is 5.73 Å². The first kappa shape index (κ1) is 22.1. The van der Waals surface area contributed by atoms with Crippen molar-refractivity contribution in [1.29, 1.82) is 0 Å². The second kappa shape index (κ2) is 11.0. The fourth-order valence-corrected chi connectivity index (χ4v) is 3.50. The Morgan fingerprint density at radius 1 is 0.677 bits per heavy atom. The zero-order valence-corrected chi connectivity index (χ0v) is 18.7. The zero-order chi connectivity index (χ0) is 22.1. The van der Waals surface area contributed by atoms with Crippen LogP contribution in [-0.4, -0.2) is 0 Å². The van der Waals surface area contributed by atoms with Crippen molar-refractivity contribution in [3.05, 3.63) is 131 Å². The van der Waals surface area contributed by atoms with Crippen molar-refractivity contribution < 1.29 is 0 Å². The van der Waals surface area contributed by atoms with Crippen LogP contribution in [0.5, 0.6) is 0 Å². The van der Waals surface area contributed by atoms with E-state index in [0.29, 0.717) is 0 Å². The van der Waals surface area contributed by atoms with Crippen molar-refractivity contribution in [2.45, 2.75) is 27.2 Å². The third-order valence-corrected chi connectivity index (χ3v) is 5.21. The summed E-state index contributed by atoms with van der Waals surface area (Å²) in [7, 11) is 0. The van der Waals surface area contributed by atoms with E-state index in [9.17, 15) is 0 Å². The molecule has 2 N–H and O–H groups in total. The number of hydrogen-bond acceptors (Lipinski definition) is 1. The Morgan fingerprint density at radius 2 is 1.26 bits per heavy atom. The second-order valence-corrected chi connectivity index (χ2v) is 7.40. The lowest BCUT2D eigenvalue weighted by atomic mass is 9.96. The van der Waals surface area contributed by atoms with Gasteiger partial charge in [0.15, 0.2) is 0 Å². The first-order valence-electron chi connectivity index (χ1n) is 11.0. The molecule has 0 aliphatic heterocycles. The molecule has 0 amide bonds. The molecule has 0 heterocycles. The van der Waals surface area contributed by atoms with E-state index >= 15 is 0 Å². The Morgan fingerprint density at radius 3 is 1.94 bits per heavy atom. The first-order chi connectivity index (χ1) is 15.2. The Labute approximate surface area is 186 Å². The molecule has 0 aliphatic carbocycles. The Kier molecular flexibility index (Phi) is 7.84. The maximum Gasteiger partial charge on any atom is 0.0393 e. The molecule has 4 aromatic carbocycles. The summed E-state index contributed by atoms with van der Waals surface area (Å²) in [6, 6.07) is 36.1. The van der Waals surface area contributed by atoms with E-state index in [1.807, 2.05) is 19.9 Å². The monoisotopic (exact) mass is 405 g/mol. The lowest BCUT2D eigenvalue weighted by Crippen LogP contribution is -1.98. The fourth-order valence-electron chi connectivity index (χ4n) is 3.50. The van der Waals surface area contributed by atoms with Gasteiger partial charge in [0.1, 0.15) is 0 Å². The number of aryl methyl sites for hydroxylation is 1. The molecule has 0 aliphatic rings. The third-order valence-electron chi connectivity index (χ3n) is 5.21. The fraction of sp³-hybridized carbons (Fsp3) is 0.133. The van der Waals surface area contributed by atoms with Crippen molar-refractivity contribution in [3.8, 4) is 11.1 Å². The maximum atomic E-state index is 6.38.